The van der Waals surface area contributed by atoms with Crippen molar-refractivity contribution in [3.05, 3.63) is 48.2 Å². The smallest absolute Gasteiger partial charge is 0.265 e. The highest BCUT2D eigenvalue weighted by Crippen LogP contribution is 2.37. The maximum Gasteiger partial charge on any atom is 0.265 e. The van der Waals surface area contributed by atoms with Crippen molar-refractivity contribution < 1.29 is 27.5 Å². The molecule has 1 aromatic heterocycles. The van der Waals surface area contributed by atoms with Crippen LogP contribution in [0.1, 0.15) is 37.2 Å². The van der Waals surface area contributed by atoms with E-state index in [4.69, 9.17) is 9.47 Å². The van der Waals surface area contributed by atoms with Crippen LogP contribution in [-0.2, 0) is 21.2 Å². The van der Waals surface area contributed by atoms with E-state index in [2.05, 4.69) is 15.1 Å². The van der Waals surface area contributed by atoms with Crippen LogP contribution >= 0.6 is 0 Å². The number of rotatable bonds is 8. The number of nitrogens with zero attached hydrogens (tertiary/aromatic N) is 2. The van der Waals surface area contributed by atoms with E-state index < -0.39 is 10.0 Å². The number of carbonyl (C=O) groups is 2. The molecule has 11 heteroatoms. The molecule has 0 radical (unpaired) electrons. The largest absolute Gasteiger partial charge is 0.495 e. The van der Waals surface area contributed by atoms with Crippen LogP contribution in [0.15, 0.2) is 47.4 Å². The number of nitrogens with one attached hydrogen (secondary N) is 2. The summed E-state index contributed by atoms with van der Waals surface area (Å²) in [6, 6.07) is 11.2. The molecule has 0 bridgehead atoms. The summed E-state index contributed by atoms with van der Waals surface area (Å²) in [7, 11) is -2.68. The van der Waals surface area contributed by atoms with Gasteiger partial charge in [-0.2, -0.15) is 9.78 Å². The lowest BCUT2D eigenvalue weighted by atomic mass is 10.0. The summed E-state index contributed by atoms with van der Waals surface area (Å²) < 4.78 is 41.2. The van der Waals surface area contributed by atoms with Crippen LogP contribution in [-0.4, -0.2) is 43.7 Å². The average molecular weight is 499 g/mol. The van der Waals surface area contributed by atoms with E-state index in [1.165, 1.54) is 23.9 Å². The Morgan fingerprint density at radius 1 is 1.09 bits per heavy atom. The van der Waals surface area contributed by atoms with Crippen LogP contribution in [0, 0.1) is 0 Å². The van der Waals surface area contributed by atoms with Gasteiger partial charge in [-0.3, -0.25) is 14.3 Å². The van der Waals surface area contributed by atoms with Crippen molar-refractivity contribution in [1.29, 1.82) is 0 Å². The van der Waals surface area contributed by atoms with Gasteiger partial charge in [0.15, 0.2) is 0 Å². The van der Waals surface area contributed by atoms with E-state index in [1.807, 2.05) is 13.8 Å². The van der Waals surface area contributed by atoms with Crippen LogP contribution in [0.5, 0.6) is 11.5 Å². The Morgan fingerprint density at radius 3 is 2.49 bits per heavy atom. The standard InChI is InChI=1S/C24H26N4O6S/c1-4-18-23(24-25-21(29)12-13-22(30)28(24)26-18)15-6-11-19(33-3)20(14-15)35(31,32)27-16-7-9-17(10-8-16)34-5-2/h6-11,14,27H,4-5,12-13H2,1-3H3,(H,25,29). The molecule has 2 heterocycles. The maximum atomic E-state index is 13.3. The summed E-state index contributed by atoms with van der Waals surface area (Å²) in [5, 5.41) is 7.14. The van der Waals surface area contributed by atoms with Gasteiger partial charge in [-0.05, 0) is 55.3 Å². The minimum atomic E-state index is -4.06. The molecule has 3 aromatic rings. The minimum absolute atomic E-state index is 0.0390. The van der Waals surface area contributed by atoms with Crippen LogP contribution in [0.3, 0.4) is 0 Å². The third kappa shape index (κ3) is 4.85. The fourth-order valence-corrected chi connectivity index (χ4v) is 5.12. The summed E-state index contributed by atoms with van der Waals surface area (Å²) >= 11 is 0. The lowest BCUT2D eigenvalue weighted by molar-refractivity contribution is -0.116. The van der Waals surface area contributed by atoms with Crippen molar-refractivity contribution in [3.63, 3.8) is 0 Å². The number of ether oxygens (including phenoxy) is 2. The fraction of sp³-hybridized carbons (Fsp3) is 0.292. The number of carbonyl (C=O) groups excluding carboxylic acids is 2. The normalized spacial score (nSPS) is 13.6. The molecule has 10 nitrogen and oxygen atoms in total. The molecule has 2 N–H and O–H groups in total. The monoisotopic (exact) mass is 498 g/mol. The van der Waals surface area contributed by atoms with Crippen molar-refractivity contribution in [1.82, 2.24) is 9.78 Å². The summed E-state index contributed by atoms with van der Waals surface area (Å²) in [4.78, 5) is 24.7. The van der Waals surface area contributed by atoms with E-state index in [0.717, 1.165) is 0 Å². The van der Waals surface area contributed by atoms with Gasteiger partial charge in [-0.25, -0.2) is 8.42 Å². The van der Waals surface area contributed by atoms with Gasteiger partial charge in [0, 0.05) is 24.1 Å². The van der Waals surface area contributed by atoms with Crippen molar-refractivity contribution in [2.45, 2.75) is 38.0 Å². The highest BCUT2D eigenvalue weighted by molar-refractivity contribution is 7.92. The molecule has 1 aliphatic heterocycles. The fourth-order valence-electron chi connectivity index (χ4n) is 3.87. The van der Waals surface area contributed by atoms with Crippen LogP contribution in [0.2, 0.25) is 0 Å². The molecule has 0 saturated carbocycles. The molecule has 0 atom stereocenters. The molecule has 0 spiro atoms. The van der Waals surface area contributed by atoms with Crippen LogP contribution in [0.4, 0.5) is 11.5 Å². The zero-order chi connectivity index (χ0) is 25.2. The van der Waals surface area contributed by atoms with E-state index in [-0.39, 0.29) is 41.1 Å². The van der Waals surface area contributed by atoms with Gasteiger partial charge in [-0.1, -0.05) is 13.0 Å². The Kier molecular flexibility index (Phi) is 6.79. The summed E-state index contributed by atoms with van der Waals surface area (Å²) in [5.41, 5.74) is 1.89. The Labute approximate surface area is 203 Å². The highest BCUT2D eigenvalue weighted by atomic mass is 32.2. The number of fused-ring (bicyclic) bond motifs is 1. The first-order valence-corrected chi connectivity index (χ1v) is 12.6. The second-order valence-corrected chi connectivity index (χ2v) is 9.46. The quantitative estimate of drug-likeness (QED) is 0.485. The van der Waals surface area contributed by atoms with Crippen molar-refractivity contribution in [2.24, 2.45) is 0 Å². The second kappa shape index (κ2) is 9.79. The molecule has 4 rings (SSSR count). The topological polar surface area (TPSA) is 129 Å². The lowest BCUT2D eigenvalue weighted by Gasteiger charge is -2.14. The third-order valence-corrected chi connectivity index (χ3v) is 6.91. The molecule has 1 amide bonds. The summed E-state index contributed by atoms with van der Waals surface area (Å²) in [6.45, 7) is 4.23. The number of benzene rings is 2. The molecule has 35 heavy (non-hydrogen) atoms. The molecule has 0 fully saturated rings. The number of sulfonamides is 1. The minimum Gasteiger partial charge on any atom is -0.495 e. The Hall–Kier alpha value is -3.86. The first kappa shape index (κ1) is 24.3. The number of aromatic nitrogens is 2. The summed E-state index contributed by atoms with van der Waals surface area (Å²) in [5.74, 6) is 0.392. The zero-order valence-electron chi connectivity index (χ0n) is 19.6. The SMILES string of the molecule is CCOc1ccc(NS(=O)(=O)c2cc(-c3c(CC)nn4c3NC(=O)CCC4=O)ccc2OC)cc1. The number of aryl methyl sites for hydroxylation is 1. The molecule has 2 aromatic carbocycles. The van der Waals surface area contributed by atoms with E-state index in [9.17, 15) is 18.0 Å². The molecular weight excluding hydrogens is 472 g/mol. The third-order valence-electron chi connectivity index (χ3n) is 5.51. The van der Waals surface area contributed by atoms with Gasteiger partial charge in [0.05, 0.1) is 19.4 Å². The average Bonchev–Trinajstić information content (AvgIpc) is 3.14. The molecule has 0 aliphatic carbocycles. The first-order chi connectivity index (χ1) is 16.8. The van der Waals surface area contributed by atoms with E-state index >= 15 is 0 Å². The van der Waals surface area contributed by atoms with E-state index in [1.54, 1.807) is 30.3 Å². The van der Waals surface area contributed by atoms with Crippen LogP contribution < -0.4 is 19.5 Å². The number of anilines is 2. The number of hydrogen-bond acceptors (Lipinski definition) is 7. The summed E-state index contributed by atoms with van der Waals surface area (Å²) in [6.07, 6.45) is 0.561. The first-order valence-electron chi connectivity index (χ1n) is 11.2. The number of amides is 1. The van der Waals surface area contributed by atoms with Crippen molar-refractivity contribution >= 4 is 33.3 Å². The second-order valence-electron chi connectivity index (χ2n) is 7.81. The Balaban J connectivity index is 1.79. The predicted molar refractivity (Wildman–Crippen MR) is 131 cm³/mol. The van der Waals surface area contributed by atoms with Crippen molar-refractivity contribution in [2.75, 3.05) is 23.8 Å². The molecule has 0 saturated heterocycles. The van der Waals surface area contributed by atoms with Gasteiger partial charge in [0.25, 0.3) is 10.0 Å². The van der Waals surface area contributed by atoms with Gasteiger partial charge >= 0.3 is 0 Å². The molecule has 184 valence electrons. The van der Waals surface area contributed by atoms with Gasteiger partial charge in [-0.15, -0.1) is 0 Å². The van der Waals surface area contributed by atoms with Gasteiger partial charge in [0.1, 0.15) is 22.2 Å². The molecular formula is C24H26N4O6S. The predicted octanol–water partition coefficient (Wildman–Crippen LogP) is 3.69. The Morgan fingerprint density at radius 2 is 1.83 bits per heavy atom. The highest BCUT2D eigenvalue weighted by Gasteiger charge is 2.28. The maximum absolute atomic E-state index is 13.3. The zero-order valence-corrected chi connectivity index (χ0v) is 20.4. The number of methoxy groups -OCH3 is 1. The van der Waals surface area contributed by atoms with Crippen LogP contribution in [0.25, 0.3) is 11.1 Å². The van der Waals surface area contributed by atoms with Gasteiger partial charge < -0.3 is 14.8 Å². The Bertz CT molecular complexity index is 1380. The van der Waals surface area contributed by atoms with Crippen molar-refractivity contribution in [3.8, 4) is 22.6 Å². The van der Waals surface area contributed by atoms with Gasteiger partial charge in [0.2, 0.25) is 11.8 Å². The lowest BCUT2D eigenvalue weighted by Crippen LogP contribution is -2.14. The van der Waals surface area contributed by atoms with E-state index in [0.29, 0.717) is 41.3 Å². The number of hydrogen-bond donors (Lipinski definition) is 2. The molecule has 0 unspecified atom stereocenters. The molecule has 1 aliphatic rings.